The van der Waals surface area contributed by atoms with E-state index in [1.807, 2.05) is 0 Å². The summed E-state index contributed by atoms with van der Waals surface area (Å²) < 4.78 is 24.5. The molecule has 1 heterocycles. The van der Waals surface area contributed by atoms with Crippen LogP contribution in [0.4, 0.5) is 4.39 Å². The Morgan fingerprint density at radius 3 is 2.59 bits per heavy atom. The van der Waals surface area contributed by atoms with Gasteiger partial charge in [-0.05, 0) is 30.2 Å². The number of hydrogen-bond donors (Lipinski definition) is 1. The van der Waals surface area contributed by atoms with Gasteiger partial charge >= 0.3 is 0 Å². The first kappa shape index (κ1) is 12.1. The molecule has 94 valence electrons. The van der Waals surface area contributed by atoms with Gasteiger partial charge in [0, 0.05) is 6.42 Å². The fraction of sp³-hybridized carbons (Fsp3) is 0.500. The largest absolute Gasteiger partial charge is 0.490 e. The molecule has 2 N–H and O–H groups in total. The maximum Gasteiger partial charge on any atom is 0.161 e. The molecule has 0 amide bonds. The Hall–Kier alpha value is -1.33. The lowest BCUT2D eigenvalue weighted by molar-refractivity contribution is 0.122. The van der Waals surface area contributed by atoms with E-state index in [0.717, 1.165) is 6.42 Å². The second-order valence-electron chi connectivity index (χ2n) is 3.98. The minimum Gasteiger partial charge on any atom is -0.490 e. The summed E-state index contributed by atoms with van der Waals surface area (Å²) >= 11 is 0. The van der Waals surface area contributed by atoms with Gasteiger partial charge in [0.2, 0.25) is 0 Å². The Kier molecular flexibility index (Phi) is 3.81. The Balaban J connectivity index is 2.41. The molecule has 17 heavy (non-hydrogen) atoms. The number of halogens is 1. The fourth-order valence-corrected chi connectivity index (χ4v) is 1.85. The van der Waals surface area contributed by atoms with Crippen LogP contribution in [0.15, 0.2) is 12.1 Å². The third-order valence-electron chi connectivity index (χ3n) is 2.68. The molecule has 0 spiro atoms. The van der Waals surface area contributed by atoms with Crippen molar-refractivity contribution in [3.8, 4) is 11.5 Å². The van der Waals surface area contributed by atoms with E-state index < -0.39 is 6.17 Å². The van der Waals surface area contributed by atoms with E-state index in [1.165, 1.54) is 6.92 Å². The van der Waals surface area contributed by atoms with Gasteiger partial charge in [0.1, 0.15) is 6.17 Å². The summed E-state index contributed by atoms with van der Waals surface area (Å²) in [5.41, 5.74) is 1.21. The second kappa shape index (κ2) is 5.33. The van der Waals surface area contributed by atoms with Crippen molar-refractivity contribution in [2.75, 3.05) is 13.2 Å². The van der Waals surface area contributed by atoms with E-state index in [-0.39, 0.29) is 6.61 Å². The molecule has 1 aromatic carbocycles. The highest BCUT2D eigenvalue weighted by molar-refractivity contribution is 5.48. The average molecular weight is 241 g/mol. The number of alkyl halides is 1. The molecule has 4 nitrogen and oxygen atoms in total. The predicted molar refractivity (Wildman–Crippen MR) is 60.5 cm³/mol. The van der Waals surface area contributed by atoms with E-state index in [4.69, 9.17) is 15.4 Å². The van der Waals surface area contributed by atoms with Crippen molar-refractivity contribution in [1.29, 1.82) is 0 Å². The van der Waals surface area contributed by atoms with E-state index in [9.17, 15) is 4.39 Å². The Bertz CT molecular complexity index is 396. The number of fused-ring (bicyclic) bond motifs is 1. The zero-order valence-electron chi connectivity index (χ0n) is 9.74. The number of hydrogen-bond acceptors (Lipinski definition) is 4. The van der Waals surface area contributed by atoms with Crippen molar-refractivity contribution >= 4 is 0 Å². The first-order chi connectivity index (χ1) is 8.22. The highest BCUT2D eigenvalue weighted by Crippen LogP contribution is 2.36. The molecule has 1 unspecified atom stereocenters. The van der Waals surface area contributed by atoms with Gasteiger partial charge in [0.15, 0.2) is 11.5 Å². The van der Waals surface area contributed by atoms with Crippen LogP contribution in [0.5, 0.6) is 11.5 Å². The van der Waals surface area contributed by atoms with E-state index >= 15 is 0 Å². The second-order valence-corrected chi connectivity index (χ2v) is 3.98. The Morgan fingerprint density at radius 1 is 1.35 bits per heavy atom. The Labute approximate surface area is 99.4 Å². The monoisotopic (exact) mass is 241 g/mol. The van der Waals surface area contributed by atoms with Crippen molar-refractivity contribution in [2.45, 2.75) is 26.1 Å². The summed E-state index contributed by atoms with van der Waals surface area (Å²) in [5.74, 6) is 6.25. The molecule has 1 aromatic rings. The molecule has 0 radical (unpaired) electrons. The van der Waals surface area contributed by atoms with Gasteiger partial charge in [-0.1, -0.05) is 0 Å². The van der Waals surface area contributed by atoms with E-state index in [0.29, 0.717) is 35.8 Å². The van der Waals surface area contributed by atoms with Crippen LogP contribution in [0.1, 0.15) is 30.6 Å². The highest BCUT2D eigenvalue weighted by atomic mass is 19.1. The fourth-order valence-electron chi connectivity index (χ4n) is 1.85. The van der Waals surface area contributed by atoms with E-state index in [1.54, 1.807) is 12.1 Å². The minimum atomic E-state index is -1.10. The van der Waals surface area contributed by atoms with Crippen LogP contribution < -0.4 is 15.4 Å². The number of nitrogens with two attached hydrogens (primary N) is 1. The summed E-state index contributed by atoms with van der Waals surface area (Å²) in [7, 11) is 0. The number of ether oxygens (including phenoxy) is 2. The molecule has 0 bridgehead atoms. The summed E-state index contributed by atoms with van der Waals surface area (Å²) in [6.07, 6.45) is -0.282. The molecular weight excluding hydrogens is 225 g/mol. The van der Waals surface area contributed by atoms with Crippen molar-refractivity contribution in [3.63, 3.8) is 0 Å². The third kappa shape index (κ3) is 2.68. The van der Waals surface area contributed by atoms with Gasteiger partial charge < -0.3 is 9.47 Å². The van der Waals surface area contributed by atoms with Crippen molar-refractivity contribution in [3.05, 3.63) is 23.3 Å². The predicted octanol–water partition coefficient (Wildman–Crippen LogP) is 2.27. The lowest BCUT2D eigenvalue weighted by Gasteiger charge is -2.14. The van der Waals surface area contributed by atoms with Crippen LogP contribution in [0, 0.1) is 0 Å². The summed E-state index contributed by atoms with van der Waals surface area (Å²) in [4.78, 5) is 4.58. The SMILES string of the molecule is CC(F)c1cc2c(cc1CON)OCCCO2. The lowest BCUT2D eigenvalue weighted by Crippen LogP contribution is -2.04. The molecule has 5 heteroatoms. The first-order valence-corrected chi connectivity index (χ1v) is 5.60. The zero-order valence-corrected chi connectivity index (χ0v) is 9.74. The smallest absolute Gasteiger partial charge is 0.161 e. The molecular formula is C12H16FNO3. The van der Waals surface area contributed by atoms with Crippen molar-refractivity contribution < 1.29 is 18.7 Å². The summed E-state index contributed by atoms with van der Waals surface area (Å²) in [6.45, 7) is 2.81. The van der Waals surface area contributed by atoms with Crippen LogP contribution in [0.3, 0.4) is 0 Å². The molecule has 0 aromatic heterocycles. The topological polar surface area (TPSA) is 53.7 Å². The maximum atomic E-state index is 13.5. The lowest BCUT2D eigenvalue weighted by atomic mass is 10.0. The first-order valence-electron chi connectivity index (χ1n) is 5.60. The van der Waals surface area contributed by atoms with Crippen LogP contribution >= 0.6 is 0 Å². The molecule has 0 saturated heterocycles. The average Bonchev–Trinajstić information content (AvgIpc) is 2.52. The minimum absolute atomic E-state index is 0.153. The molecule has 1 atom stereocenters. The summed E-state index contributed by atoms with van der Waals surface area (Å²) in [5, 5.41) is 0. The quantitative estimate of drug-likeness (QED) is 0.825. The van der Waals surface area contributed by atoms with Gasteiger partial charge in [-0.15, -0.1) is 0 Å². The number of rotatable bonds is 3. The standard InChI is InChI=1S/C12H16FNO3/c1-8(13)10-6-12-11(5-9(10)7-17-14)15-3-2-4-16-12/h5-6,8H,2-4,7,14H2,1H3. The van der Waals surface area contributed by atoms with Crippen LogP contribution in [0.2, 0.25) is 0 Å². The summed E-state index contributed by atoms with van der Waals surface area (Å²) in [6, 6.07) is 3.40. The molecule has 0 saturated carbocycles. The maximum absolute atomic E-state index is 13.5. The van der Waals surface area contributed by atoms with E-state index in [2.05, 4.69) is 4.84 Å². The zero-order chi connectivity index (χ0) is 12.3. The van der Waals surface area contributed by atoms with Gasteiger partial charge in [0.05, 0.1) is 19.8 Å². The van der Waals surface area contributed by atoms with Crippen molar-refractivity contribution in [2.24, 2.45) is 5.90 Å². The van der Waals surface area contributed by atoms with Gasteiger partial charge in [-0.3, -0.25) is 4.84 Å². The molecule has 0 aliphatic carbocycles. The van der Waals surface area contributed by atoms with Crippen LogP contribution in [0.25, 0.3) is 0 Å². The normalized spacial score (nSPS) is 16.4. The molecule has 2 rings (SSSR count). The van der Waals surface area contributed by atoms with Gasteiger partial charge in [-0.25, -0.2) is 10.3 Å². The van der Waals surface area contributed by atoms with Crippen LogP contribution in [-0.2, 0) is 11.4 Å². The molecule has 1 aliphatic rings. The third-order valence-corrected chi connectivity index (χ3v) is 2.68. The van der Waals surface area contributed by atoms with Gasteiger partial charge in [-0.2, -0.15) is 0 Å². The molecule has 0 fully saturated rings. The number of benzene rings is 1. The molecule has 1 aliphatic heterocycles. The highest BCUT2D eigenvalue weighted by Gasteiger charge is 2.17. The Morgan fingerprint density at radius 2 is 2.00 bits per heavy atom. The van der Waals surface area contributed by atoms with Crippen LogP contribution in [-0.4, -0.2) is 13.2 Å². The van der Waals surface area contributed by atoms with Crippen molar-refractivity contribution in [1.82, 2.24) is 0 Å². The van der Waals surface area contributed by atoms with Gasteiger partial charge in [0.25, 0.3) is 0 Å².